The van der Waals surface area contributed by atoms with Crippen molar-refractivity contribution in [2.45, 2.75) is 38.1 Å². The summed E-state index contributed by atoms with van der Waals surface area (Å²) in [7, 11) is 0. The standard InChI is InChI=1S/C14H23N5/c15-13-10-16-11-14(17-13)19-8-4-12(5-9-19)18-6-2-1-3-7-18/h10-12H,1-9H2,(H2,15,17). The van der Waals surface area contributed by atoms with Crippen LogP contribution >= 0.6 is 0 Å². The second-order valence-corrected chi connectivity index (χ2v) is 5.62. The predicted octanol–water partition coefficient (Wildman–Crippen LogP) is 1.51. The molecule has 1 aromatic heterocycles. The molecule has 0 unspecified atom stereocenters. The van der Waals surface area contributed by atoms with Gasteiger partial charge in [0.1, 0.15) is 11.6 Å². The molecule has 2 N–H and O–H groups in total. The first-order valence-electron chi connectivity index (χ1n) is 7.39. The van der Waals surface area contributed by atoms with Gasteiger partial charge in [0.25, 0.3) is 0 Å². The van der Waals surface area contributed by atoms with Gasteiger partial charge in [0.2, 0.25) is 0 Å². The number of nitrogen functional groups attached to an aromatic ring is 1. The lowest BCUT2D eigenvalue weighted by Gasteiger charge is -2.40. The van der Waals surface area contributed by atoms with E-state index >= 15 is 0 Å². The van der Waals surface area contributed by atoms with Gasteiger partial charge >= 0.3 is 0 Å². The fourth-order valence-electron chi connectivity index (χ4n) is 3.27. The Morgan fingerprint density at radius 3 is 2.42 bits per heavy atom. The van der Waals surface area contributed by atoms with E-state index in [0.717, 1.165) is 24.9 Å². The molecule has 2 aliphatic heterocycles. The molecule has 1 aromatic rings. The molecule has 19 heavy (non-hydrogen) atoms. The lowest BCUT2D eigenvalue weighted by Crippen LogP contribution is -2.47. The second kappa shape index (κ2) is 5.74. The Bertz CT molecular complexity index is 408. The summed E-state index contributed by atoms with van der Waals surface area (Å²) in [5, 5.41) is 0. The average Bonchev–Trinajstić information content (AvgIpc) is 2.48. The fourth-order valence-corrected chi connectivity index (χ4v) is 3.27. The van der Waals surface area contributed by atoms with E-state index in [1.807, 2.05) is 6.20 Å². The van der Waals surface area contributed by atoms with E-state index in [0.29, 0.717) is 5.82 Å². The summed E-state index contributed by atoms with van der Waals surface area (Å²) in [6.45, 7) is 4.73. The number of likely N-dealkylation sites (tertiary alicyclic amines) is 1. The van der Waals surface area contributed by atoms with Crippen LogP contribution in [0.1, 0.15) is 32.1 Å². The summed E-state index contributed by atoms with van der Waals surface area (Å²) in [5.41, 5.74) is 5.70. The number of aromatic nitrogens is 2. The molecule has 0 spiro atoms. The highest BCUT2D eigenvalue weighted by Gasteiger charge is 2.26. The molecule has 0 atom stereocenters. The summed E-state index contributed by atoms with van der Waals surface area (Å²) in [6.07, 6.45) is 10.0. The Labute approximate surface area is 114 Å². The van der Waals surface area contributed by atoms with Crippen molar-refractivity contribution in [3.8, 4) is 0 Å². The van der Waals surface area contributed by atoms with Crippen molar-refractivity contribution >= 4 is 11.6 Å². The molecular formula is C14H23N5. The van der Waals surface area contributed by atoms with Gasteiger partial charge in [-0.05, 0) is 38.8 Å². The molecule has 3 heterocycles. The first-order chi connectivity index (χ1) is 9.33. The van der Waals surface area contributed by atoms with Gasteiger partial charge in [-0.1, -0.05) is 6.42 Å². The number of anilines is 2. The van der Waals surface area contributed by atoms with Crippen molar-refractivity contribution in [1.82, 2.24) is 14.9 Å². The average molecular weight is 261 g/mol. The van der Waals surface area contributed by atoms with Crippen molar-refractivity contribution in [2.75, 3.05) is 36.8 Å². The lowest BCUT2D eigenvalue weighted by molar-refractivity contribution is 0.141. The number of piperidine rings is 2. The number of rotatable bonds is 2. The summed E-state index contributed by atoms with van der Waals surface area (Å²) in [6, 6.07) is 0.769. The molecule has 104 valence electrons. The van der Waals surface area contributed by atoms with Crippen LogP contribution in [0.2, 0.25) is 0 Å². The third-order valence-corrected chi connectivity index (χ3v) is 4.34. The summed E-state index contributed by atoms with van der Waals surface area (Å²) in [5.74, 6) is 1.44. The van der Waals surface area contributed by atoms with E-state index in [1.54, 1.807) is 6.20 Å². The van der Waals surface area contributed by atoms with Crippen LogP contribution in [-0.4, -0.2) is 47.1 Å². The highest BCUT2D eigenvalue weighted by atomic mass is 15.2. The Morgan fingerprint density at radius 1 is 1.00 bits per heavy atom. The van der Waals surface area contributed by atoms with Crippen molar-refractivity contribution < 1.29 is 0 Å². The first kappa shape index (κ1) is 12.7. The van der Waals surface area contributed by atoms with Gasteiger partial charge in [-0.2, -0.15) is 0 Å². The van der Waals surface area contributed by atoms with Gasteiger partial charge in [0.05, 0.1) is 12.4 Å². The molecule has 0 bridgehead atoms. The zero-order chi connectivity index (χ0) is 13.1. The predicted molar refractivity (Wildman–Crippen MR) is 77.1 cm³/mol. The number of nitrogens with zero attached hydrogens (tertiary/aromatic N) is 4. The molecule has 2 saturated heterocycles. The molecule has 0 saturated carbocycles. The normalized spacial score (nSPS) is 22.6. The minimum atomic E-state index is 0.510. The molecule has 0 amide bonds. The molecule has 0 radical (unpaired) electrons. The smallest absolute Gasteiger partial charge is 0.149 e. The van der Waals surface area contributed by atoms with E-state index in [-0.39, 0.29) is 0 Å². The van der Waals surface area contributed by atoms with Crippen molar-refractivity contribution in [3.63, 3.8) is 0 Å². The molecule has 2 aliphatic rings. The van der Waals surface area contributed by atoms with Gasteiger partial charge in [-0.3, -0.25) is 4.98 Å². The van der Waals surface area contributed by atoms with E-state index < -0.39 is 0 Å². The molecule has 5 nitrogen and oxygen atoms in total. The minimum absolute atomic E-state index is 0.510. The third-order valence-electron chi connectivity index (χ3n) is 4.34. The highest BCUT2D eigenvalue weighted by Crippen LogP contribution is 2.23. The SMILES string of the molecule is Nc1cncc(N2CCC(N3CCCCC3)CC2)n1. The monoisotopic (exact) mass is 261 g/mol. The molecule has 0 aliphatic carbocycles. The quantitative estimate of drug-likeness (QED) is 0.874. The summed E-state index contributed by atoms with van der Waals surface area (Å²) >= 11 is 0. The van der Waals surface area contributed by atoms with E-state index in [9.17, 15) is 0 Å². The van der Waals surface area contributed by atoms with Crippen LogP contribution < -0.4 is 10.6 Å². The van der Waals surface area contributed by atoms with Gasteiger partial charge in [-0.25, -0.2) is 4.98 Å². The second-order valence-electron chi connectivity index (χ2n) is 5.62. The number of hydrogen-bond donors (Lipinski definition) is 1. The zero-order valence-electron chi connectivity index (χ0n) is 11.5. The Balaban J connectivity index is 1.57. The van der Waals surface area contributed by atoms with Crippen LogP contribution in [0.4, 0.5) is 11.6 Å². The number of hydrogen-bond acceptors (Lipinski definition) is 5. The number of nitrogens with two attached hydrogens (primary N) is 1. The first-order valence-corrected chi connectivity index (χ1v) is 7.39. The third kappa shape index (κ3) is 2.97. The topological polar surface area (TPSA) is 58.3 Å². The lowest BCUT2D eigenvalue weighted by atomic mass is 10.00. The molecular weight excluding hydrogens is 238 g/mol. The highest BCUT2D eigenvalue weighted by molar-refractivity contribution is 5.41. The van der Waals surface area contributed by atoms with Crippen molar-refractivity contribution in [2.24, 2.45) is 0 Å². The Kier molecular flexibility index (Phi) is 3.82. The van der Waals surface area contributed by atoms with E-state index in [2.05, 4.69) is 19.8 Å². The molecule has 2 fully saturated rings. The van der Waals surface area contributed by atoms with E-state index in [4.69, 9.17) is 5.73 Å². The van der Waals surface area contributed by atoms with Gasteiger partial charge in [0.15, 0.2) is 0 Å². The van der Waals surface area contributed by atoms with Crippen molar-refractivity contribution in [3.05, 3.63) is 12.4 Å². The maximum atomic E-state index is 5.70. The maximum absolute atomic E-state index is 5.70. The zero-order valence-corrected chi connectivity index (χ0v) is 11.5. The van der Waals surface area contributed by atoms with Crippen LogP contribution in [0.5, 0.6) is 0 Å². The van der Waals surface area contributed by atoms with Gasteiger partial charge < -0.3 is 15.5 Å². The minimum Gasteiger partial charge on any atom is -0.382 e. The maximum Gasteiger partial charge on any atom is 0.149 e. The largest absolute Gasteiger partial charge is 0.382 e. The molecule has 3 rings (SSSR count). The Hall–Kier alpha value is -1.36. The molecule has 5 heteroatoms. The summed E-state index contributed by atoms with van der Waals surface area (Å²) < 4.78 is 0. The fraction of sp³-hybridized carbons (Fsp3) is 0.714. The van der Waals surface area contributed by atoms with Crippen LogP contribution in [0.25, 0.3) is 0 Å². The van der Waals surface area contributed by atoms with Crippen LogP contribution in [0.3, 0.4) is 0 Å². The van der Waals surface area contributed by atoms with E-state index in [1.165, 1.54) is 45.2 Å². The van der Waals surface area contributed by atoms with Gasteiger partial charge in [0, 0.05) is 19.1 Å². The van der Waals surface area contributed by atoms with Gasteiger partial charge in [-0.15, -0.1) is 0 Å². The van der Waals surface area contributed by atoms with Crippen LogP contribution in [0.15, 0.2) is 12.4 Å². The summed E-state index contributed by atoms with van der Waals surface area (Å²) in [4.78, 5) is 13.5. The van der Waals surface area contributed by atoms with Crippen molar-refractivity contribution in [1.29, 1.82) is 0 Å². The van der Waals surface area contributed by atoms with Crippen LogP contribution in [0, 0.1) is 0 Å². The Morgan fingerprint density at radius 2 is 1.74 bits per heavy atom. The molecule has 0 aromatic carbocycles. The van der Waals surface area contributed by atoms with Crippen LogP contribution in [-0.2, 0) is 0 Å².